The van der Waals surface area contributed by atoms with Crippen molar-refractivity contribution in [3.63, 3.8) is 0 Å². The number of nitrogens with zero attached hydrogens (tertiary/aromatic N) is 2. The summed E-state index contributed by atoms with van der Waals surface area (Å²) in [6, 6.07) is 14.1. The molecule has 0 unspecified atom stereocenters. The minimum atomic E-state index is -3.38. The van der Waals surface area contributed by atoms with Crippen LogP contribution in [-0.4, -0.2) is 69.0 Å². The van der Waals surface area contributed by atoms with Gasteiger partial charge in [-0.25, -0.2) is 8.42 Å². The molecular weight excluding hydrogens is 418 g/mol. The molecule has 2 aliphatic heterocycles. The molecule has 1 fully saturated rings. The number of hydrogen-bond acceptors (Lipinski definition) is 6. The van der Waals surface area contributed by atoms with E-state index in [-0.39, 0.29) is 17.7 Å². The van der Waals surface area contributed by atoms with Crippen molar-refractivity contribution >= 4 is 21.6 Å². The number of ether oxygens (including phenoxy) is 2. The third-order valence-electron chi connectivity index (χ3n) is 5.60. The molecule has 2 aromatic carbocycles. The molecule has 2 aromatic rings. The van der Waals surface area contributed by atoms with Gasteiger partial charge in [-0.15, -0.1) is 0 Å². The Hall–Kier alpha value is -2.62. The third kappa shape index (κ3) is 5.17. The van der Waals surface area contributed by atoms with Gasteiger partial charge in [-0.1, -0.05) is 30.3 Å². The summed E-state index contributed by atoms with van der Waals surface area (Å²) in [6.07, 6.45) is 0. The van der Waals surface area contributed by atoms with Gasteiger partial charge in [-0.2, -0.15) is 4.31 Å². The normalized spacial score (nSPS) is 18.4. The fraction of sp³-hybridized carbons (Fsp3) is 0.409. The zero-order chi connectivity index (χ0) is 21.8. The van der Waals surface area contributed by atoms with E-state index >= 15 is 0 Å². The van der Waals surface area contributed by atoms with Crippen molar-refractivity contribution < 1.29 is 22.7 Å². The number of carbonyl (C=O) groups is 1. The molecule has 0 spiro atoms. The van der Waals surface area contributed by atoms with Crippen LogP contribution >= 0.6 is 0 Å². The van der Waals surface area contributed by atoms with Gasteiger partial charge in [0.1, 0.15) is 13.2 Å². The number of fused-ring (bicyclic) bond motifs is 1. The predicted octanol–water partition coefficient (Wildman–Crippen LogP) is 1.93. The zero-order valence-electron chi connectivity index (χ0n) is 17.5. The maximum absolute atomic E-state index is 12.7. The lowest BCUT2D eigenvalue weighted by atomic mass is 10.2. The Morgan fingerprint density at radius 2 is 1.68 bits per heavy atom. The molecule has 2 aliphatic rings. The summed E-state index contributed by atoms with van der Waals surface area (Å²) in [4.78, 5) is 14.7. The maximum Gasteiger partial charge on any atom is 0.241 e. The third-order valence-corrected chi connectivity index (χ3v) is 7.45. The number of benzene rings is 2. The molecule has 2 heterocycles. The Bertz CT molecular complexity index is 1020. The molecule has 9 heteroatoms. The van der Waals surface area contributed by atoms with Gasteiger partial charge < -0.3 is 14.8 Å². The Morgan fingerprint density at radius 3 is 2.39 bits per heavy atom. The highest BCUT2D eigenvalue weighted by molar-refractivity contribution is 7.88. The van der Waals surface area contributed by atoms with Crippen LogP contribution in [0.4, 0.5) is 5.69 Å². The van der Waals surface area contributed by atoms with Crippen LogP contribution in [0.3, 0.4) is 0 Å². The number of sulfonamides is 1. The number of amides is 1. The molecule has 0 aromatic heterocycles. The first-order valence-electron chi connectivity index (χ1n) is 10.4. The first-order valence-corrected chi connectivity index (χ1v) is 12.0. The van der Waals surface area contributed by atoms with Crippen LogP contribution in [0.2, 0.25) is 0 Å². The van der Waals surface area contributed by atoms with Crippen LogP contribution in [-0.2, 0) is 20.6 Å². The van der Waals surface area contributed by atoms with Crippen molar-refractivity contribution in [1.29, 1.82) is 0 Å². The Balaban J connectivity index is 1.31. The molecule has 0 saturated carbocycles. The number of carbonyl (C=O) groups excluding carboxylic acids is 1. The molecule has 1 amide bonds. The van der Waals surface area contributed by atoms with E-state index < -0.39 is 10.0 Å². The predicted molar refractivity (Wildman–Crippen MR) is 118 cm³/mol. The fourth-order valence-corrected chi connectivity index (χ4v) is 5.29. The van der Waals surface area contributed by atoms with E-state index in [0.29, 0.717) is 56.6 Å². The van der Waals surface area contributed by atoms with Gasteiger partial charge >= 0.3 is 0 Å². The van der Waals surface area contributed by atoms with E-state index in [0.717, 1.165) is 5.56 Å². The summed E-state index contributed by atoms with van der Waals surface area (Å²) in [6.45, 7) is 4.59. The lowest BCUT2D eigenvalue weighted by Crippen LogP contribution is -2.54. The van der Waals surface area contributed by atoms with Gasteiger partial charge in [-0.3, -0.25) is 9.69 Å². The van der Waals surface area contributed by atoms with Crippen molar-refractivity contribution in [2.24, 2.45) is 0 Å². The summed E-state index contributed by atoms with van der Waals surface area (Å²) in [5.74, 6) is 1.14. The first kappa shape index (κ1) is 21.6. The van der Waals surface area contributed by atoms with E-state index in [4.69, 9.17) is 9.47 Å². The van der Waals surface area contributed by atoms with Crippen LogP contribution in [0.5, 0.6) is 11.5 Å². The number of nitrogens with one attached hydrogen (secondary N) is 1. The zero-order valence-corrected chi connectivity index (χ0v) is 18.3. The first-order chi connectivity index (χ1) is 14.9. The van der Waals surface area contributed by atoms with E-state index in [1.54, 1.807) is 18.2 Å². The summed E-state index contributed by atoms with van der Waals surface area (Å²) in [5.41, 5.74) is 1.42. The van der Waals surface area contributed by atoms with E-state index in [2.05, 4.69) is 5.32 Å². The van der Waals surface area contributed by atoms with Crippen LogP contribution < -0.4 is 14.8 Å². The monoisotopic (exact) mass is 445 g/mol. The second-order valence-corrected chi connectivity index (χ2v) is 9.67. The van der Waals surface area contributed by atoms with E-state index in [1.165, 1.54) is 4.31 Å². The van der Waals surface area contributed by atoms with Gasteiger partial charge in [0.15, 0.2) is 11.5 Å². The van der Waals surface area contributed by atoms with Crippen molar-refractivity contribution in [3.8, 4) is 11.5 Å². The molecule has 1 saturated heterocycles. The van der Waals surface area contributed by atoms with Crippen LogP contribution in [0.25, 0.3) is 0 Å². The van der Waals surface area contributed by atoms with Crippen molar-refractivity contribution in [1.82, 2.24) is 9.21 Å². The molecule has 1 atom stereocenters. The van der Waals surface area contributed by atoms with Crippen molar-refractivity contribution in [3.05, 3.63) is 54.1 Å². The SMILES string of the molecule is C[C@H](C(=O)Nc1ccc2c(c1)OCCO2)N1CCN(S(=O)(=O)Cc2ccccc2)CC1. The summed E-state index contributed by atoms with van der Waals surface area (Å²) in [5, 5.41) is 2.92. The number of rotatable bonds is 6. The average molecular weight is 446 g/mol. The number of anilines is 1. The molecular formula is C22H27N3O5S. The summed E-state index contributed by atoms with van der Waals surface area (Å²) >= 11 is 0. The lowest BCUT2D eigenvalue weighted by molar-refractivity contribution is -0.121. The molecule has 8 nitrogen and oxygen atoms in total. The van der Waals surface area contributed by atoms with E-state index in [1.807, 2.05) is 42.2 Å². The largest absolute Gasteiger partial charge is 0.486 e. The molecule has 0 radical (unpaired) electrons. The van der Waals surface area contributed by atoms with Gasteiger partial charge in [0, 0.05) is 37.9 Å². The van der Waals surface area contributed by atoms with Gasteiger partial charge in [0.05, 0.1) is 11.8 Å². The van der Waals surface area contributed by atoms with Crippen LogP contribution in [0.1, 0.15) is 12.5 Å². The molecule has 4 rings (SSSR count). The van der Waals surface area contributed by atoms with Crippen molar-refractivity contribution in [2.45, 2.75) is 18.7 Å². The van der Waals surface area contributed by atoms with Crippen molar-refractivity contribution in [2.75, 3.05) is 44.7 Å². The Labute approximate surface area is 182 Å². The highest BCUT2D eigenvalue weighted by Gasteiger charge is 2.31. The topological polar surface area (TPSA) is 88.2 Å². The minimum Gasteiger partial charge on any atom is -0.486 e. The standard InChI is InChI=1S/C22H27N3O5S/c1-17(22(26)23-19-7-8-20-21(15-19)30-14-13-29-20)24-9-11-25(12-10-24)31(27,28)16-18-5-3-2-4-6-18/h2-8,15,17H,9-14,16H2,1H3,(H,23,26)/t17-/m1/s1. The van der Waals surface area contributed by atoms with Gasteiger partial charge in [-0.05, 0) is 24.6 Å². The molecule has 31 heavy (non-hydrogen) atoms. The van der Waals surface area contributed by atoms with Gasteiger partial charge in [0.2, 0.25) is 15.9 Å². The highest BCUT2D eigenvalue weighted by atomic mass is 32.2. The average Bonchev–Trinajstić information content (AvgIpc) is 2.79. The minimum absolute atomic E-state index is 0.00596. The van der Waals surface area contributed by atoms with Crippen LogP contribution in [0.15, 0.2) is 48.5 Å². The fourth-order valence-electron chi connectivity index (χ4n) is 3.78. The number of hydrogen-bond donors (Lipinski definition) is 1. The maximum atomic E-state index is 12.7. The smallest absolute Gasteiger partial charge is 0.241 e. The quantitative estimate of drug-likeness (QED) is 0.731. The van der Waals surface area contributed by atoms with E-state index in [9.17, 15) is 13.2 Å². The lowest BCUT2D eigenvalue weighted by Gasteiger charge is -2.36. The second-order valence-electron chi connectivity index (χ2n) is 7.70. The molecule has 166 valence electrons. The molecule has 0 aliphatic carbocycles. The van der Waals surface area contributed by atoms with Gasteiger partial charge in [0.25, 0.3) is 0 Å². The molecule has 1 N–H and O–H groups in total. The molecule has 0 bridgehead atoms. The summed E-state index contributed by atoms with van der Waals surface area (Å²) in [7, 11) is -3.38. The second kappa shape index (κ2) is 9.25. The highest BCUT2D eigenvalue weighted by Crippen LogP contribution is 2.32. The Morgan fingerprint density at radius 1 is 1.00 bits per heavy atom. The Kier molecular flexibility index (Phi) is 6.45. The number of piperazine rings is 1. The van der Waals surface area contributed by atoms with Crippen LogP contribution in [0, 0.1) is 0 Å². The summed E-state index contributed by atoms with van der Waals surface area (Å²) < 4.78 is 38.0.